The molecule has 0 amide bonds. The zero-order valence-corrected chi connectivity index (χ0v) is 17.7. The van der Waals surface area contributed by atoms with Crippen LogP contribution in [-0.4, -0.2) is 16.7 Å². The minimum atomic E-state index is -0.648. The number of aliphatic carboxylic acids is 1. The zero-order chi connectivity index (χ0) is 21.5. The van der Waals surface area contributed by atoms with E-state index in [-0.39, 0.29) is 22.8 Å². The number of para-hydroxylation sites is 1. The third kappa shape index (κ3) is 4.08. The second kappa shape index (κ2) is 7.94. The van der Waals surface area contributed by atoms with Gasteiger partial charge in [0.1, 0.15) is 17.3 Å². The molecule has 0 aromatic heterocycles. The maximum Gasteiger partial charge on any atom is 0.306 e. The summed E-state index contributed by atoms with van der Waals surface area (Å²) >= 11 is 0. The first kappa shape index (κ1) is 20.5. The van der Waals surface area contributed by atoms with Gasteiger partial charge in [-0.15, -0.1) is 0 Å². The highest BCUT2D eigenvalue weighted by Gasteiger charge is 2.70. The van der Waals surface area contributed by atoms with Gasteiger partial charge in [0, 0.05) is 11.5 Å². The number of rotatable bonds is 9. The molecular weight excluding hydrogens is 395 g/mol. The van der Waals surface area contributed by atoms with Crippen LogP contribution < -0.4 is 4.74 Å². The molecule has 3 aliphatic rings. The second-order valence-electron chi connectivity index (χ2n) is 9.72. The van der Waals surface area contributed by atoms with E-state index in [4.69, 9.17) is 14.6 Å². The van der Waals surface area contributed by atoms with Crippen molar-refractivity contribution in [2.45, 2.75) is 63.6 Å². The average Bonchev–Trinajstić information content (AvgIpc) is 3.19. The molecule has 5 heteroatoms. The smallest absolute Gasteiger partial charge is 0.306 e. The molecule has 2 aromatic rings. The quantitative estimate of drug-likeness (QED) is 0.510. The lowest BCUT2D eigenvalue weighted by Crippen LogP contribution is -2.31. The van der Waals surface area contributed by atoms with Gasteiger partial charge in [-0.05, 0) is 87.1 Å². The predicted octanol–water partition coefficient (Wildman–Crippen LogP) is 6.34. The molecule has 0 spiro atoms. The van der Waals surface area contributed by atoms with Crippen molar-refractivity contribution < 1.29 is 23.8 Å². The number of hydrogen-bond acceptors (Lipinski definition) is 3. The molecule has 31 heavy (non-hydrogen) atoms. The first-order valence-electron chi connectivity index (χ1n) is 11.4. The Morgan fingerprint density at radius 1 is 1.10 bits per heavy atom. The van der Waals surface area contributed by atoms with Crippen molar-refractivity contribution >= 4 is 5.97 Å². The first-order chi connectivity index (χ1) is 15.0. The third-order valence-electron chi connectivity index (χ3n) is 7.74. The molecule has 2 aromatic carbocycles. The van der Waals surface area contributed by atoms with E-state index in [9.17, 15) is 9.18 Å². The number of halogens is 1. The van der Waals surface area contributed by atoms with E-state index in [1.54, 1.807) is 0 Å². The molecule has 0 bridgehead atoms. The van der Waals surface area contributed by atoms with Gasteiger partial charge in [0.25, 0.3) is 0 Å². The fraction of sp³-hybridized carbons (Fsp3) is 0.500. The Morgan fingerprint density at radius 3 is 2.68 bits per heavy atom. The van der Waals surface area contributed by atoms with E-state index in [2.05, 4.69) is 0 Å². The monoisotopic (exact) mass is 424 g/mol. The summed E-state index contributed by atoms with van der Waals surface area (Å²) in [5, 5.41) is 9.07. The maximum absolute atomic E-state index is 14.2. The predicted molar refractivity (Wildman–Crippen MR) is 114 cm³/mol. The number of carbonyl (C=O) groups is 1. The molecule has 0 aliphatic heterocycles. The van der Waals surface area contributed by atoms with Crippen LogP contribution in [0.2, 0.25) is 0 Å². The third-order valence-corrected chi connectivity index (χ3v) is 7.74. The highest BCUT2D eigenvalue weighted by molar-refractivity contribution is 5.71. The molecule has 0 saturated heterocycles. The number of ether oxygens (including phenoxy) is 2. The van der Waals surface area contributed by atoms with Gasteiger partial charge in [0.2, 0.25) is 0 Å². The first-order valence-corrected chi connectivity index (χ1v) is 11.4. The number of fused-ring (bicyclic) bond motifs is 1. The molecule has 3 fully saturated rings. The van der Waals surface area contributed by atoms with E-state index in [1.807, 2.05) is 36.4 Å². The van der Waals surface area contributed by atoms with Crippen molar-refractivity contribution in [2.75, 3.05) is 0 Å². The molecule has 5 rings (SSSR count). The fourth-order valence-corrected chi connectivity index (χ4v) is 5.86. The summed E-state index contributed by atoms with van der Waals surface area (Å²) in [7, 11) is 0. The molecule has 0 heterocycles. The molecule has 3 aliphatic carbocycles. The molecule has 2 atom stereocenters. The van der Waals surface area contributed by atoms with Crippen molar-refractivity contribution in [2.24, 2.45) is 17.3 Å². The summed E-state index contributed by atoms with van der Waals surface area (Å²) in [4.78, 5) is 11.0. The van der Waals surface area contributed by atoms with Crippen LogP contribution in [0.15, 0.2) is 48.5 Å². The molecular formula is C26H29FO4. The van der Waals surface area contributed by atoms with Crippen molar-refractivity contribution in [3.8, 4) is 11.5 Å². The molecule has 1 N–H and O–H groups in total. The van der Waals surface area contributed by atoms with E-state index in [0.717, 1.165) is 44.1 Å². The van der Waals surface area contributed by atoms with Crippen LogP contribution in [-0.2, 0) is 16.1 Å². The minimum Gasteiger partial charge on any atom is -0.481 e. The lowest BCUT2D eigenvalue weighted by atomic mass is 9.71. The topological polar surface area (TPSA) is 55.8 Å². The van der Waals surface area contributed by atoms with Crippen LogP contribution in [0.5, 0.6) is 11.5 Å². The lowest BCUT2D eigenvalue weighted by molar-refractivity contribution is -0.146. The Hall–Kier alpha value is -2.40. The van der Waals surface area contributed by atoms with Gasteiger partial charge >= 0.3 is 5.97 Å². The average molecular weight is 425 g/mol. The van der Waals surface area contributed by atoms with Crippen LogP contribution in [0.1, 0.15) is 56.9 Å². The van der Waals surface area contributed by atoms with Crippen molar-refractivity contribution in [3.05, 3.63) is 59.9 Å². The van der Waals surface area contributed by atoms with E-state index < -0.39 is 5.97 Å². The van der Waals surface area contributed by atoms with Crippen LogP contribution in [0.4, 0.5) is 4.39 Å². The highest BCUT2D eigenvalue weighted by atomic mass is 19.1. The molecule has 2 unspecified atom stereocenters. The summed E-state index contributed by atoms with van der Waals surface area (Å²) in [6.45, 7) is 0.384. The number of carboxylic acids is 1. The zero-order valence-electron chi connectivity index (χ0n) is 17.7. The van der Waals surface area contributed by atoms with E-state index in [0.29, 0.717) is 24.0 Å². The molecule has 4 nitrogen and oxygen atoms in total. The van der Waals surface area contributed by atoms with Crippen molar-refractivity contribution in [1.82, 2.24) is 0 Å². The minimum absolute atomic E-state index is 0.0737. The molecule has 3 saturated carbocycles. The van der Waals surface area contributed by atoms with Gasteiger partial charge < -0.3 is 14.6 Å². The van der Waals surface area contributed by atoms with Crippen LogP contribution in [0, 0.1) is 23.1 Å². The standard InChI is InChI=1S/C26H29FO4/c27-21-13-19(14-23(15-21)31-22-5-2-1-3-6-22)16-30-26-9-4-8-25(26,17-26)10-7-18-11-20(12-18)24(28)29/h1-3,5-6,13-15,18,20H,4,7-12,16-17H2,(H,28,29). The van der Waals surface area contributed by atoms with Gasteiger partial charge in [-0.2, -0.15) is 0 Å². The lowest BCUT2D eigenvalue weighted by Gasteiger charge is -2.33. The Balaban J connectivity index is 1.18. The Bertz CT molecular complexity index is 955. The van der Waals surface area contributed by atoms with Gasteiger partial charge in [-0.25, -0.2) is 4.39 Å². The Labute approximate surface area is 182 Å². The fourth-order valence-electron chi connectivity index (χ4n) is 5.86. The number of carboxylic acid groups (broad SMARTS) is 1. The summed E-state index contributed by atoms with van der Waals surface area (Å²) in [5.74, 6) is 0.605. The van der Waals surface area contributed by atoms with Crippen LogP contribution in [0.3, 0.4) is 0 Å². The molecule has 164 valence electrons. The van der Waals surface area contributed by atoms with Crippen molar-refractivity contribution in [3.63, 3.8) is 0 Å². The summed E-state index contributed by atoms with van der Waals surface area (Å²) in [6, 6.07) is 14.1. The van der Waals surface area contributed by atoms with E-state index in [1.165, 1.54) is 25.0 Å². The van der Waals surface area contributed by atoms with Crippen LogP contribution in [0.25, 0.3) is 0 Å². The molecule has 0 radical (unpaired) electrons. The van der Waals surface area contributed by atoms with Gasteiger partial charge in [0.05, 0.1) is 18.1 Å². The van der Waals surface area contributed by atoms with Gasteiger partial charge in [-0.3, -0.25) is 4.79 Å². The van der Waals surface area contributed by atoms with Crippen molar-refractivity contribution in [1.29, 1.82) is 0 Å². The highest BCUT2D eigenvalue weighted by Crippen LogP contribution is 2.71. The number of hydrogen-bond donors (Lipinski definition) is 1. The van der Waals surface area contributed by atoms with E-state index >= 15 is 0 Å². The van der Waals surface area contributed by atoms with Crippen LogP contribution >= 0.6 is 0 Å². The number of benzene rings is 2. The normalized spacial score (nSPS) is 31.0. The summed E-state index contributed by atoms with van der Waals surface area (Å²) in [6.07, 6.45) is 8.39. The van der Waals surface area contributed by atoms with Gasteiger partial charge in [0.15, 0.2) is 0 Å². The summed E-state index contributed by atoms with van der Waals surface area (Å²) in [5.41, 5.74) is 0.963. The Kier molecular flexibility index (Phi) is 5.25. The SMILES string of the molecule is O=C(O)C1CC(CCC23CCCC2(OCc2cc(F)cc(Oc4ccccc4)c2)C3)C1. The second-order valence-corrected chi connectivity index (χ2v) is 9.72. The van der Waals surface area contributed by atoms with Gasteiger partial charge in [-0.1, -0.05) is 18.2 Å². The Morgan fingerprint density at radius 2 is 1.90 bits per heavy atom. The summed E-state index contributed by atoms with van der Waals surface area (Å²) < 4.78 is 26.4. The largest absolute Gasteiger partial charge is 0.481 e. The maximum atomic E-state index is 14.2.